The number of aromatic nitrogens is 4. The van der Waals surface area contributed by atoms with Crippen molar-refractivity contribution in [2.24, 2.45) is 0 Å². The summed E-state index contributed by atoms with van der Waals surface area (Å²) < 4.78 is 8.51. The zero-order chi connectivity index (χ0) is 20.4. The standard InChI is InChI=1S/C21H21N5O3/c1-14-12-15(2)26(24-14)19-10-9-16(13-22-19)23-20(27)8-5-11-25-17-6-3-4-7-18(17)29-21(25)28/h3-4,6-7,9-10,12-13H,5,8,11H2,1-2H3,(H,23,27). The molecule has 4 aromatic rings. The summed E-state index contributed by atoms with van der Waals surface area (Å²) in [6.07, 6.45) is 2.41. The number of fused-ring (bicyclic) bond motifs is 1. The SMILES string of the molecule is Cc1cc(C)n(-c2ccc(NC(=O)CCCn3c(=O)oc4ccccc43)cn2)n1. The first-order valence-corrected chi connectivity index (χ1v) is 9.39. The molecule has 1 aromatic carbocycles. The van der Waals surface area contributed by atoms with Crippen LogP contribution >= 0.6 is 0 Å². The first-order chi connectivity index (χ1) is 14.0. The second kappa shape index (κ2) is 7.75. The molecule has 0 spiro atoms. The van der Waals surface area contributed by atoms with Crippen LogP contribution in [0.5, 0.6) is 0 Å². The van der Waals surface area contributed by atoms with E-state index in [1.54, 1.807) is 27.6 Å². The van der Waals surface area contributed by atoms with E-state index in [1.807, 2.05) is 44.2 Å². The van der Waals surface area contributed by atoms with Crippen molar-refractivity contribution < 1.29 is 9.21 Å². The number of anilines is 1. The van der Waals surface area contributed by atoms with Gasteiger partial charge in [-0.15, -0.1) is 0 Å². The maximum absolute atomic E-state index is 12.2. The molecule has 0 fully saturated rings. The normalized spacial score (nSPS) is 11.1. The molecule has 8 nitrogen and oxygen atoms in total. The van der Waals surface area contributed by atoms with E-state index < -0.39 is 5.76 Å². The summed E-state index contributed by atoms with van der Waals surface area (Å²) in [5.74, 6) is 0.155. The van der Waals surface area contributed by atoms with Gasteiger partial charge in [0.2, 0.25) is 5.91 Å². The van der Waals surface area contributed by atoms with Gasteiger partial charge in [-0.1, -0.05) is 12.1 Å². The van der Waals surface area contributed by atoms with Crippen LogP contribution in [0.1, 0.15) is 24.2 Å². The molecule has 1 amide bonds. The van der Waals surface area contributed by atoms with Crippen molar-refractivity contribution in [3.63, 3.8) is 0 Å². The second-order valence-corrected chi connectivity index (χ2v) is 6.88. The van der Waals surface area contributed by atoms with Crippen molar-refractivity contribution in [2.45, 2.75) is 33.2 Å². The highest BCUT2D eigenvalue weighted by atomic mass is 16.4. The van der Waals surface area contributed by atoms with Gasteiger partial charge in [0, 0.05) is 18.7 Å². The molecule has 0 aliphatic carbocycles. The number of carbonyl (C=O) groups is 1. The number of hydrogen-bond acceptors (Lipinski definition) is 5. The fraction of sp³-hybridized carbons (Fsp3) is 0.238. The molecule has 29 heavy (non-hydrogen) atoms. The second-order valence-electron chi connectivity index (χ2n) is 6.88. The highest BCUT2D eigenvalue weighted by Crippen LogP contribution is 2.14. The molecule has 8 heteroatoms. The van der Waals surface area contributed by atoms with Crippen molar-refractivity contribution in [3.05, 3.63) is 70.6 Å². The Labute approximate surface area is 166 Å². The summed E-state index contributed by atoms with van der Waals surface area (Å²) in [6.45, 7) is 4.31. The number of hydrogen-bond donors (Lipinski definition) is 1. The lowest BCUT2D eigenvalue weighted by Crippen LogP contribution is -2.17. The lowest BCUT2D eigenvalue weighted by molar-refractivity contribution is -0.116. The number of oxazole rings is 1. The van der Waals surface area contributed by atoms with Crippen molar-refractivity contribution in [1.82, 2.24) is 19.3 Å². The van der Waals surface area contributed by atoms with Gasteiger partial charge in [0.1, 0.15) is 0 Å². The Kier molecular flexibility index (Phi) is 4.99. The number of carbonyl (C=O) groups excluding carboxylic acids is 1. The van der Waals surface area contributed by atoms with E-state index in [9.17, 15) is 9.59 Å². The summed E-state index contributed by atoms with van der Waals surface area (Å²) >= 11 is 0. The highest BCUT2D eigenvalue weighted by Gasteiger charge is 2.10. The molecule has 0 saturated carbocycles. The molecule has 0 bridgehead atoms. The Morgan fingerprint density at radius 1 is 1.17 bits per heavy atom. The summed E-state index contributed by atoms with van der Waals surface area (Å²) in [7, 11) is 0. The van der Waals surface area contributed by atoms with E-state index in [0.717, 1.165) is 16.9 Å². The van der Waals surface area contributed by atoms with Gasteiger partial charge in [-0.05, 0) is 50.6 Å². The number of nitrogens with one attached hydrogen (secondary N) is 1. The summed E-state index contributed by atoms with van der Waals surface area (Å²) in [4.78, 5) is 28.6. The molecule has 0 radical (unpaired) electrons. The number of aryl methyl sites for hydroxylation is 3. The van der Waals surface area contributed by atoms with Crippen LogP contribution < -0.4 is 11.1 Å². The minimum absolute atomic E-state index is 0.133. The summed E-state index contributed by atoms with van der Waals surface area (Å²) in [6, 6.07) is 12.8. The molecular weight excluding hydrogens is 370 g/mol. The van der Waals surface area contributed by atoms with Crippen molar-refractivity contribution in [1.29, 1.82) is 0 Å². The third-order valence-electron chi connectivity index (χ3n) is 4.62. The third kappa shape index (κ3) is 3.96. The molecule has 0 aliphatic rings. The van der Waals surface area contributed by atoms with Crippen LogP contribution in [0, 0.1) is 13.8 Å². The van der Waals surface area contributed by atoms with Crippen LogP contribution in [0.15, 0.2) is 57.9 Å². The number of rotatable bonds is 6. The summed E-state index contributed by atoms with van der Waals surface area (Å²) in [5, 5.41) is 7.23. The van der Waals surface area contributed by atoms with E-state index >= 15 is 0 Å². The summed E-state index contributed by atoms with van der Waals surface area (Å²) in [5.41, 5.74) is 3.82. The van der Waals surface area contributed by atoms with Gasteiger partial charge >= 0.3 is 5.76 Å². The fourth-order valence-corrected chi connectivity index (χ4v) is 3.29. The van der Waals surface area contributed by atoms with Crippen molar-refractivity contribution in [2.75, 3.05) is 5.32 Å². The topological polar surface area (TPSA) is 95.0 Å². The first-order valence-electron chi connectivity index (χ1n) is 9.39. The van der Waals surface area contributed by atoms with E-state index in [2.05, 4.69) is 15.4 Å². The lowest BCUT2D eigenvalue weighted by atomic mass is 10.2. The van der Waals surface area contributed by atoms with Crippen LogP contribution in [0.25, 0.3) is 16.9 Å². The predicted molar refractivity (Wildman–Crippen MR) is 109 cm³/mol. The van der Waals surface area contributed by atoms with Gasteiger partial charge in [-0.3, -0.25) is 9.36 Å². The van der Waals surface area contributed by atoms with E-state index in [4.69, 9.17) is 4.42 Å². The number of nitrogens with zero attached hydrogens (tertiary/aromatic N) is 4. The van der Waals surface area contributed by atoms with Gasteiger partial charge in [0.05, 0.1) is 23.1 Å². The van der Waals surface area contributed by atoms with Gasteiger partial charge in [-0.2, -0.15) is 5.10 Å². The van der Waals surface area contributed by atoms with Gasteiger partial charge in [-0.25, -0.2) is 14.5 Å². The van der Waals surface area contributed by atoms with Crippen LogP contribution in [-0.2, 0) is 11.3 Å². The Balaban J connectivity index is 1.34. The molecule has 0 unspecified atom stereocenters. The zero-order valence-corrected chi connectivity index (χ0v) is 16.3. The third-order valence-corrected chi connectivity index (χ3v) is 4.62. The lowest BCUT2D eigenvalue weighted by Gasteiger charge is -2.07. The highest BCUT2D eigenvalue weighted by molar-refractivity contribution is 5.90. The van der Waals surface area contributed by atoms with E-state index in [0.29, 0.717) is 30.1 Å². The maximum atomic E-state index is 12.2. The molecule has 148 valence electrons. The molecule has 4 rings (SSSR count). The Bertz CT molecular complexity index is 1220. The average Bonchev–Trinajstić information content (AvgIpc) is 3.20. The van der Waals surface area contributed by atoms with Crippen LogP contribution in [0.3, 0.4) is 0 Å². The predicted octanol–water partition coefficient (Wildman–Crippen LogP) is 3.21. The van der Waals surface area contributed by atoms with Crippen LogP contribution in [0.2, 0.25) is 0 Å². The largest absolute Gasteiger partial charge is 0.419 e. The number of para-hydroxylation sites is 2. The van der Waals surface area contributed by atoms with Crippen molar-refractivity contribution >= 4 is 22.7 Å². The van der Waals surface area contributed by atoms with Crippen molar-refractivity contribution in [3.8, 4) is 5.82 Å². The minimum atomic E-state index is -0.407. The fourth-order valence-electron chi connectivity index (χ4n) is 3.29. The maximum Gasteiger partial charge on any atom is 0.419 e. The smallest absolute Gasteiger partial charge is 0.408 e. The Morgan fingerprint density at radius 3 is 2.72 bits per heavy atom. The minimum Gasteiger partial charge on any atom is -0.408 e. The van der Waals surface area contributed by atoms with E-state index in [-0.39, 0.29) is 12.3 Å². The molecule has 3 aromatic heterocycles. The first kappa shape index (κ1) is 18.7. The van der Waals surface area contributed by atoms with Gasteiger partial charge < -0.3 is 9.73 Å². The molecule has 0 atom stereocenters. The van der Waals surface area contributed by atoms with Gasteiger partial charge in [0.15, 0.2) is 11.4 Å². The van der Waals surface area contributed by atoms with Crippen LogP contribution in [-0.4, -0.2) is 25.2 Å². The Morgan fingerprint density at radius 2 is 2.00 bits per heavy atom. The van der Waals surface area contributed by atoms with Gasteiger partial charge in [0.25, 0.3) is 0 Å². The molecule has 0 aliphatic heterocycles. The molecule has 3 heterocycles. The average molecular weight is 391 g/mol. The quantitative estimate of drug-likeness (QED) is 0.545. The van der Waals surface area contributed by atoms with Crippen LogP contribution in [0.4, 0.5) is 5.69 Å². The van der Waals surface area contributed by atoms with E-state index in [1.165, 1.54) is 0 Å². The number of amides is 1. The zero-order valence-electron chi connectivity index (χ0n) is 16.3. The number of benzene rings is 1. The Hall–Kier alpha value is -3.68. The monoisotopic (exact) mass is 391 g/mol. The number of pyridine rings is 1. The molecular formula is C21H21N5O3. The molecule has 1 N–H and O–H groups in total. The molecule has 0 saturated heterocycles.